The fourth-order valence-electron chi connectivity index (χ4n) is 1.06. The van der Waals surface area contributed by atoms with Crippen LogP contribution in [0.3, 0.4) is 0 Å². The Balaban J connectivity index is 2.84. The zero-order chi connectivity index (χ0) is 11.3. The molecule has 1 aromatic rings. The Kier molecular flexibility index (Phi) is 3.81. The van der Waals surface area contributed by atoms with Gasteiger partial charge in [-0.05, 0) is 25.5 Å². The molecule has 0 unspecified atom stereocenters. The molecule has 78 valence electrons. The van der Waals surface area contributed by atoms with Crippen LogP contribution in [0.2, 0.25) is 0 Å². The first-order valence-corrected chi connectivity index (χ1v) is 4.74. The maximum atomic E-state index is 11.4. The van der Waals surface area contributed by atoms with Crippen LogP contribution >= 0.6 is 0 Å². The lowest BCUT2D eigenvalue weighted by Crippen LogP contribution is -2.09. The molecule has 0 atom stereocenters. The highest BCUT2D eigenvalue weighted by molar-refractivity contribution is 5.87. The monoisotopic (exact) mass is 204 g/mol. The Morgan fingerprint density at radius 2 is 2.33 bits per heavy atom. The summed E-state index contributed by atoms with van der Waals surface area (Å²) in [4.78, 5) is 15.4. The van der Waals surface area contributed by atoms with Crippen molar-refractivity contribution >= 4 is 5.97 Å². The summed E-state index contributed by atoms with van der Waals surface area (Å²) in [6.45, 7) is 4.00. The molecule has 4 nitrogen and oxygen atoms in total. The van der Waals surface area contributed by atoms with Crippen LogP contribution < -0.4 is 0 Å². The molecule has 0 saturated heterocycles. The summed E-state index contributed by atoms with van der Waals surface area (Å²) < 4.78 is 4.92. The van der Waals surface area contributed by atoms with Gasteiger partial charge in [0.15, 0.2) is 0 Å². The van der Waals surface area contributed by atoms with Crippen molar-refractivity contribution in [1.82, 2.24) is 4.98 Å². The lowest BCUT2D eigenvalue weighted by atomic mass is 10.2. The molecule has 0 radical (unpaired) electrons. The molecule has 0 saturated carbocycles. The van der Waals surface area contributed by atoms with E-state index >= 15 is 0 Å². The highest BCUT2D eigenvalue weighted by Crippen LogP contribution is 2.06. The molecule has 0 aliphatic heterocycles. The minimum absolute atomic E-state index is 0.250. The average Bonchev–Trinajstić information content (AvgIpc) is 2.25. The van der Waals surface area contributed by atoms with Crippen molar-refractivity contribution < 1.29 is 9.53 Å². The van der Waals surface area contributed by atoms with Gasteiger partial charge in [0.05, 0.1) is 17.9 Å². The molecule has 0 aliphatic carbocycles. The number of esters is 1. The number of pyridine rings is 1. The molecule has 0 spiro atoms. The average molecular weight is 204 g/mol. The highest BCUT2D eigenvalue weighted by Gasteiger charge is 2.09. The van der Waals surface area contributed by atoms with Crippen LogP contribution in [-0.2, 0) is 4.74 Å². The number of ether oxygens (including phenoxy) is 1. The summed E-state index contributed by atoms with van der Waals surface area (Å²) in [7, 11) is 0. The molecule has 15 heavy (non-hydrogen) atoms. The predicted octanol–water partition coefficient (Wildman–Crippen LogP) is 1.83. The number of aryl methyl sites for hydroxylation is 1. The number of nitriles is 1. The molecule has 4 heteroatoms. The van der Waals surface area contributed by atoms with Crippen LogP contribution in [0, 0.1) is 18.3 Å². The van der Waals surface area contributed by atoms with E-state index in [9.17, 15) is 4.79 Å². The van der Waals surface area contributed by atoms with Crippen LogP contribution in [0.25, 0.3) is 0 Å². The summed E-state index contributed by atoms with van der Waals surface area (Å²) in [5.74, 6) is -0.440. The Morgan fingerprint density at radius 3 is 2.87 bits per heavy atom. The Morgan fingerprint density at radius 1 is 1.60 bits per heavy atom. The molecule has 1 aromatic heterocycles. The van der Waals surface area contributed by atoms with Crippen molar-refractivity contribution in [2.45, 2.75) is 20.3 Å². The SMILES string of the molecule is CCCOC(=O)c1ccc(C#N)c(C)n1. The van der Waals surface area contributed by atoms with E-state index in [1.807, 2.05) is 13.0 Å². The van der Waals surface area contributed by atoms with Crippen molar-refractivity contribution in [2.24, 2.45) is 0 Å². The van der Waals surface area contributed by atoms with Crippen molar-refractivity contribution in [3.63, 3.8) is 0 Å². The van der Waals surface area contributed by atoms with Gasteiger partial charge in [-0.3, -0.25) is 0 Å². The number of nitrogens with zero attached hydrogens (tertiary/aromatic N) is 2. The Hall–Kier alpha value is -1.89. The van der Waals surface area contributed by atoms with E-state index in [0.717, 1.165) is 6.42 Å². The number of carbonyl (C=O) groups excluding carboxylic acids is 1. The van der Waals surface area contributed by atoms with E-state index in [0.29, 0.717) is 17.9 Å². The van der Waals surface area contributed by atoms with Crippen molar-refractivity contribution in [1.29, 1.82) is 5.26 Å². The minimum Gasteiger partial charge on any atom is -0.461 e. The summed E-state index contributed by atoms with van der Waals surface area (Å²) in [6.07, 6.45) is 0.779. The third-order valence-electron chi connectivity index (χ3n) is 1.85. The van der Waals surface area contributed by atoms with Crippen molar-refractivity contribution in [3.8, 4) is 6.07 Å². The van der Waals surface area contributed by atoms with Crippen LogP contribution in [-0.4, -0.2) is 17.6 Å². The van der Waals surface area contributed by atoms with Gasteiger partial charge < -0.3 is 4.74 Å². The second-order valence-electron chi connectivity index (χ2n) is 3.08. The smallest absolute Gasteiger partial charge is 0.356 e. The zero-order valence-corrected chi connectivity index (χ0v) is 8.78. The molecule has 0 N–H and O–H groups in total. The molecule has 0 aromatic carbocycles. The van der Waals surface area contributed by atoms with Gasteiger partial charge in [0.2, 0.25) is 0 Å². The molecular weight excluding hydrogens is 192 g/mol. The van der Waals surface area contributed by atoms with Gasteiger partial charge in [0, 0.05) is 0 Å². The molecule has 0 aliphatic rings. The van der Waals surface area contributed by atoms with E-state index in [2.05, 4.69) is 4.98 Å². The minimum atomic E-state index is -0.440. The lowest BCUT2D eigenvalue weighted by Gasteiger charge is -2.03. The summed E-state index contributed by atoms with van der Waals surface area (Å²) >= 11 is 0. The van der Waals surface area contributed by atoms with Gasteiger partial charge in [0.25, 0.3) is 0 Å². The van der Waals surface area contributed by atoms with Crippen LogP contribution in [0.4, 0.5) is 0 Å². The van der Waals surface area contributed by atoms with Crippen LogP contribution in [0.5, 0.6) is 0 Å². The zero-order valence-electron chi connectivity index (χ0n) is 8.78. The molecular formula is C11H12N2O2. The fraction of sp³-hybridized carbons (Fsp3) is 0.364. The molecule has 0 fully saturated rings. The van der Waals surface area contributed by atoms with Crippen LogP contribution in [0.15, 0.2) is 12.1 Å². The largest absolute Gasteiger partial charge is 0.461 e. The third kappa shape index (κ3) is 2.78. The number of hydrogen-bond donors (Lipinski definition) is 0. The first kappa shape index (κ1) is 11.2. The quantitative estimate of drug-likeness (QED) is 0.704. The first-order valence-electron chi connectivity index (χ1n) is 4.74. The van der Waals surface area contributed by atoms with Crippen molar-refractivity contribution in [3.05, 3.63) is 29.1 Å². The van der Waals surface area contributed by atoms with Gasteiger partial charge in [-0.15, -0.1) is 0 Å². The summed E-state index contributed by atoms with van der Waals surface area (Å²) in [6, 6.07) is 5.07. The molecule has 1 rings (SSSR count). The second kappa shape index (κ2) is 5.11. The van der Waals surface area contributed by atoms with E-state index in [1.165, 1.54) is 6.07 Å². The summed E-state index contributed by atoms with van der Waals surface area (Å²) in [5, 5.41) is 8.68. The van der Waals surface area contributed by atoms with Gasteiger partial charge in [-0.1, -0.05) is 6.92 Å². The third-order valence-corrected chi connectivity index (χ3v) is 1.85. The number of rotatable bonds is 3. The second-order valence-corrected chi connectivity index (χ2v) is 3.08. The Labute approximate surface area is 88.5 Å². The van der Waals surface area contributed by atoms with E-state index in [-0.39, 0.29) is 5.69 Å². The molecule has 0 amide bonds. The number of aromatic nitrogens is 1. The van der Waals surface area contributed by atoms with Gasteiger partial charge in [-0.2, -0.15) is 5.26 Å². The molecule has 0 bridgehead atoms. The van der Waals surface area contributed by atoms with Gasteiger partial charge >= 0.3 is 5.97 Å². The fourth-order valence-corrected chi connectivity index (χ4v) is 1.06. The maximum Gasteiger partial charge on any atom is 0.356 e. The number of carbonyl (C=O) groups is 1. The standard InChI is InChI=1S/C11H12N2O2/c1-3-6-15-11(14)10-5-4-9(7-12)8(2)13-10/h4-5H,3,6H2,1-2H3. The van der Waals surface area contributed by atoms with Crippen molar-refractivity contribution in [2.75, 3.05) is 6.61 Å². The number of hydrogen-bond acceptors (Lipinski definition) is 4. The van der Waals surface area contributed by atoms with E-state index < -0.39 is 5.97 Å². The summed E-state index contributed by atoms with van der Waals surface area (Å²) in [5.41, 5.74) is 1.27. The van der Waals surface area contributed by atoms with Gasteiger partial charge in [0.1, 0.15) is 11.8 Å². The van der Waals surface area contributed by atoms with E-state index in [1.54, 1.807) is 13.0 Å². The van der Waals surface area contributed by atoms with Gasteiger partial charge in [-0.25, -0.2) is 9.78 Å². The first-order chi connectivity index (χ1) is 7.19. The van der Waals surface area contributed by atoms with E-state index in [4.69, 9.17) is 10.00 Å². The van der Waals surface area contributed by atoms with Crippen LogP contribution in [0.1, 0.15) is 35.1 Å². The molecule has 1 heterocycles. The topological polar surface area (TPSA) is 63.0 Å². The Bertz CT molecular complexity index is 408. The normalized spacial score (nSPS) is 9.40. The predicted molar refractivity (Wildman–Crippen MR) is 54.3 cm³/mol. The maximum absolute atomic E-state index is 11.4. The lowest BCUT2D eigenvalue weighted by molar-refractivity contribution is 0.0498. The highest BCUT2D eigenvalue weighted by atomic mass is 16.5.